The van der Waals surface area contributed by atoms with E-state index < -0.39 is 0 Å². The highest BCUT2D eigenvalue weighted by Crippen LogP contribution is 2.24. The third-order valence-electron chi connectivity index (χ3n) is 5.20. The zero-order valence-electron chi connectivity index (χ0n) is 15.2. The molecule has 3 aromatic rings. The molecule has 1 fully saturated rings. The molecule has 3 heterocycles. The molecule has 5 nitrogen and oxygen atoms in total. The van der Waals surface area contributed by atoms with Crippen molar-refractivity contribution in [1.29, 1.82) is 0 Å². The van der Waals surface area contributed by atoms with Crippen LogP contribution in [0.2, 0.25) is 5.02 Å². The van der Waals surface area contributed by atoms with Crippen LogP contribution < -0.4 is 0 Å². The number of hydrogen-bond donors (Lipinski definition) is 0. The first-order valence-electron chi connectivity index (χ1n) is 9.34. The number of pyridine rings is 1. The average Bonchev–Trinajstić information content (AvgIpc) is 3.12. The maximum Gasteiger partial charge on any atom is 0.242 e. The summed E-state index contributed by atoms with van der Waals surface area (Å²) in [7, 11) is 0. The van der Waals surface area contributed by atoms with E-state index in [0.717, 1.165) is 60.8 Å². The lowest BCUT2D eigenvalue weighted by atomic mass is 10.2. The van der Waals surface area contributed by atoms with Crippen molar-refractivity contribution in [2.45, 2.75) is 13.0 Å². The highest BCUT2D eigenvalue weighted by Gasteiger charge is 2.21. The van der Waals surface area contributed by atoms with E-state index in [-0.39, 0.29) is 5.91 Å². The Labute approximate surface area is 164 Å². The van der Waals surface area contributed by atoms with Gasteiger partial charge in [0.2, 0.25) is 5.91 Å². The third kappa shape index (κ3) is 4.15. The molecular weight excluding hydrogens is 360 g/mol. The summed E-state index contributed by atoms with van der Waals surface area (Å²) >= 11 is 6.23. The van der Waals surface area contributed by atoms with E-state index in [4.69, 9.17) is 11.6 Å². The van der Waals surface area contributed by atoms with Crippen LogP contribution >= 0.6 is 11.6 Å². The number of carbonyl (C=O) groups is 1. The minimum Gasteiger partial charge on any atom is -0.339 e. The fourth-order valence-corrected chi connectivity index (χ4v) is 3.84. The summed E-state index contributed by atoms with van der Waals surface area (Å²) < 4.78 is 1.98. The Bertz CT molecular complexity index is 916. The molecule has 6 heteroatoms. The molecule has 1 aliphatic heterocycles. The van der Waals surface area contributed by atoms with Crippen molar-refractivity contribution in [2.24, 2.45) is 0 Å². The third-order valence-corrected chi connectivity index (χ3v) is 5.53. The molecule has 0 atom stereocenters. The van der Waals surface area contributed by atoms with Gasteiger partial charge < -0.3 is 9.47 Å². The molecule has 27 heavy (non-hydrogen) atoms. The Morgan fingerprint density at radius 3 is 2.67 bits per heavy atom. The molecule has 0 spiro atoms. The molecule has 0 radical (unpaired) electrons. The molecule has 1 aliphatic rings. The lowest BCUT2D eigenvalue weighted by Crippen LogP contribution is -2.49. The zero-order chi connectivity index (χ0) is 18.6. The van der Waals surface area contributed by atoms with Crippen LogP contribution in [-0.4, -0.2) is 58.0 Å². The Balaban J connectivity index is 1.30. The van der Waals surface area contributed by atoms with Crippen molar-refractivity contribution in [3.05, 3.63) is 65.6 Å². The largest absolute Gasteiger partial charge is 0.339 e. The van der Waals surface area contributed by atoms with Gasteiger partial charge in [-0.3, -0.25) is 14.7 Å². The zero-order valence-corrected chi connectivity index (χ0v) is 16.0. The first kappa shape index (κ1) is 18.0. The van der Waals surface area contributed by atoms with Crippen LogP contribution in [0.4, 0.5) is 0 Å². The minimum atomic E-state index is 0.164. The van der Waals surface area contributed by atoms with E-state index >= 15 is 0 Å². The smallest absolute Gasteiger partial charge is 0.242 e. The van der Waals surface area contributed by atoms with E-state index in [0.29, 0.717) is 6.54 Å². The molecule has 1 aromatic carbocycles. The number of aromatic nitrogens is 2. The average molecular weight is 383 g/mol. The predicted molar refractivity (Wildman–Crippen MR) is 108 cm³/mol. The lowest BCUT2D eigenvalue weighted by Gasteiger charge is -2.34. The van der Waals surface area contributed by atoms with Crippen LogP contribution in [0.3, 0.4) is 0 Å². The standard InChI is InChI=1S/C21H23ClN4O/c22-19-5-3-6-20-18(19)8-11-26(20)16-21(27)25-14-12-24(13-15-25)10-7-17-4-1-2-9-23-17/h1-6,8-9,11H,7,10,12-16H2. The first-order valence-corrected chi connectivity index (χ1v) is 9.72. The predicted octanol–water partition coefficient (Wildman–Crippen LogP) is 3.08. The minimum absolute atomic E-state index is 0.164. The molecule has 140 valence electrons. The molecule has 0 N–H and O–H groups in total. The second-order valence-corrected chi connectivity index (χ2v) is 7.32. The fraction of sp³-hybridized carbons (Fsp3) is 0.333. The Kier molecular flexibility index (Phi) is 5.41. The molecule has 1 amide bonds. The summed E-state index contributed by atoms with van der Waals surface area (Å²) in [6, 6.07) is 13.8. The molecule has 0 saturated carbocycles. The SMILES string of the molecule is O=C(Cn1ccc2c(Cl)cccc21)N1CCN(CCc2ccccn2)CC1. The maximum atomic E-state index is 12.7. The Morgan fingerprint density at radius 2 is 1.89 bits per heavy atom. The van der Waals surface area contributed by atoms with Crippen molar-refractivity contribution in [2.75, 3.05) is 32.7 Å². The van der Waals surface area contributed by atoms with E-state index in [9.17, 15) is 4.79 Å². The highest BCUT2D eigenvalue weighted by molar-refractivity contribution is 6.35. The maximum absolute atomic E-state index is 12.7. The van der Waals surface area contributed by atoms with Gasteiger partial charge in [-0.2, -0.15) is 0 Å². The number of halogens is 1. The van der Waals surface area contributed by atoms with Crippen molar-refractivity contribution in [3.63, 3.8) is 0 Å². The summed E-state index contributed by atoms with van der Waals surface area (Å²) in [5.41, 5.74) is 2.12. The number of amides is 1. The summed E-state index contributed by atoms with van der Waals surface area (Å²) in [4.78, 5) is 21.5. The van der Waals surface area contributed by atoms with Gasteiger partial charge in [-0.1, -0.05) is 23.7 Å². The molecule has 0 aliphatic carbocycles. The van der Waals surface area contributed by atoms with Crippen molar-refractivity contribution in [1.82, 2.24) is 19.4 Å². The number of fused-ring (bicyclic) bond motifs is 1. The van der Waals surface area contributed by atoms with E-state index in [1.165, 1.54) is 0 Å². The summed E-state index contributed by atoms with van der Waals surface area (Å²) in [6.45, 7) is 4.73. The second-order valence-electron chi connectivity index (χ2n) is 6.91. The summed E-state index contributed by atoms with van der Waals surface area (Å²) in [6.07, 6.45) is 4.73. The van der Waals surface area contributed by atoms with Crippen LogP contribution in [0, 0.1) is 0 Å². The highest BCUT2D eigenvalue weighted by atomic mass is 35.5. The Morgan fingerprint density at radius 1 is 1.04 bits per heavy atom. The van der Waals surface area contributed by atoms with Crippen LogP contribution in [0.1, 0.15) is 5.69 Å². The van der Waals surface area contributed by atoms with Gasteiger partial charge in [-0.15, -0.1) is 0 Å². The van der Waals surface area contributed by atoms with Gasteiger partial charge in [0.05, 0.1) is 0 Å². The van der Waals surface area contributed by atoms with Gasteiger partial charge >= 0.3 is 0 Å². The van der Waals surface area contributed by atoms with Crippen molar-refractivity contribution < 1.29 is 4.79 Å². The lowest BCUT2D eigenvalue weighted by molar-refractivity contribution is -0.133. The number of hydrogen-bond acceptors (Lipinski definition) is 3. The van der Waals surface area contributed by atoms with Crippen molar-refractivity contribution in [3.8, 4) is 0 Å². The fourth-order valence-electron chi connectivity index (χ4n) is 3.61. The monoisotopic (exact) mass is 382 g/mol. The molecular formula is C21H23ClN4O. The topological polar surface area (TPSA) is 41.4 Å². The van der Waals surface area contributed by atoms with Crippen LogP contribution in [0.25, 0.3) is 10.9 Å². The molecule has 0 unspecified atom stereocenters. The van der Waals surface area contributed by atoms with Crippen molar-refractivity contribution >= 4 is 28.4 Å². The number of nitrogens with zero attached hydrogens (tertiary/aromatic N) is 4. The van der Waals surface area contributed by atoms with E-state index in [1.807, 2.05) is 58.3 Å². The number of carbonyl (C=O) groups excluding carboxylic acids is 1. The Hall–Kier alpha value is -2.37. The normalized spacial score (nSPS) is 15.4. The quantitative estimate of drug-likeness (QED) is 0.681. The first-order chi connectivity index (χ1) is 13.2. The number of rotatable bonds is 5. The van der Waals surface area contributed by atoms with Crippen LogP contribution in [-0.2, 0) is 17.8 Å². The summed E-state index contributed by atoms with van der Waals surface area (Å²) in [5.74, 6) is 0.164. The van der Waals surface area contributed by atoms with Crippen LogP contribution in [0.15, 0.2) is 54.9 Å². The van der Waals surface area contributed by atoms with Gasteiger partial charge in [0.15, 0.2) is 0 Å². The van der Waals surface area contributed by atoms with Gasteiger partial charge in [0.25, 0.3) is 0 Å². The summed E-state index contributed by atoms with van der Waals surface area (Å²) in [5, 5.41) is 1.71. The van der Waals surface area contributed by atoms with Crippen LogP contribution in [0.5, 0.6) is 0 Å². The van der Waals surface area contributed by atoms with Gasteiger partial charge in [0, 0.05) is 73.2 Å². The molecule has 1 saturated heterocycles. The second kappa shape index (κ2) is 8.11. The molecule has 4 rings (SSSR count). The van der Waals surface area contributed by atoms with Gasteiger partial charge in [-0.25, -0.2) is 0 Å². The van der Waals surface area contributed by atoms with E-state index in [2.05, 4.69) is 16.0 Å². The number of benzene rings is 1. The number of piperazine rings is 1. The molecule has 2 aromatic heterocycles. The van der Waals surface area contributed by atoms with E-state index in [1.54, 1.807) is 0 Å². The van der Waals surface area contributed by atoms with Gasteiger partial charge in [-0.05, 0) is 30.3 Å². The van der Waals surface area contributed by atoms with Gasteiger partial charge in [0.1, 0.15) is 6.54 Å². The molecule has 0 bridgehead atoms.